The monoisotopic (exact) mass is 248 g/mol. The molecule has 0 radical (unpaired) electrons. The summed E-state index contributed by atoms with van der Waals surface area (Å²) in [6, 6.07) is 6.30. The fourth-order valence-corrected chi connectivity index (χ4v) is 2.54. The lowest BCUT2D eigenvalue weighted by molar-refractivity contribution is 0.0554. The molecule has 0 saturated heterocycles. The molecule has 1 aliphatic heterocycles. The van der Waals surface area contributed by atoms with E-state index >= 15 is 0 Å². The number of aliphatic hydroxyl groups is 1. The van der Waals surface area contributed by atoms with Crippen molar-refractivity contribution < 1.29 is 5.11 Å². The van der Waals surface area contributed by atoms with Crippen LogP contribution in [0.2, 0.25) is 0 Å². The van der Waals surface area contributed by atoms with Gasteiger partial charge in [-0.25, -0.2) is 0 Å². The molecule has 0 aliphatic carbocycles. The van der Waals surface area contributed by atoms with Crippen LogP contribution in [-0.2, 0) is 6.42 Å². The number of nitrogens with zero attached hydrogens (tertiary/aromatic N) is 1. The van der Waals surface area contributed by atoms with Crippen LogP contribution in [0, 0.1) is 5.41 Å². The SMILES string of the molecule is CN1CCCc2cc(C(O)C(C)(C)CN)ccc21. The molecule has 1 aromatic carbocycles. The van der Waals surface area contributed by atoms with Gasteiger partial charge in [-0.1, -0.05) is 26.0 Å². The Morgan fingerprint density at radius 1 is 1.44 bits per heavy atom. The van der Waals surface area contributed by atoms with Crippen molar-refractivity contribution in [3.05, 3.63) is 29.3 Å². The number of nitrogens with two attached hydrogens (primary N) is 1. The lowest BCUT2D eigenvalue weighted by atomic mass is 9.82. The molecule has 0 amide bonds. The van der Waals surface area contributed by atoms with Gasteiger partial charge in [0, 0.05) is 31.2 Å². The predicted octanol–water partition coefficient (Wildman–Crippen LogP) is 2.09. The molecule has 1 aromatic rings. The number of rotatable bonds is 3. The van der Waals surface area contributed by atoms with Gasteiger partial charge >= 0.3 is 0 Å². The maximum absolute atomic E-state index is 10.4. The van der Waals surface area contributed by atoms with Crippen LogP contribution in [0.3, 0.4) is 0 Å². The first kappa shape index (κ1) is 13.4. The molecule has 3 nitrogen and oxygen atoms in total. The summed E-state index contributed by atoms with van der Waals surface area (Å²) in [5.74, 6) is 0. The van der Waals surface area contributed by atoms with E-state index in [0.717, 1.165) is 18.5 Å². The fraction of sp³-hybridized carbons (Fsp3) is 0.600. The van der Waals surface area contributed by atoms with Crippen molar-refractivity contribution in [2.45, 2.75) is 32.8 Å². The van der Waals surface area contributed by atoms with Gasteiger partial charge in [0.2, 0.25) is 0 Å². The minimum absolute atomic E-state index is 0.283. The molecule has 0 saturated carbocycles. The minimum atomic E-state index is -0.500. The van der Waals surface area contributed by atoms with E-state index in [1.54, 1.807) is 0 Å². The van der Waals surface area contributed by atoms with Crippen LogP contribution in [-0.4, -0.2) is 25.2 Å². The van der Waals surface area contributed by atoms with Crippen LogP contribution >= 0.6 is 0 Å². The van der Waals surface area contributed by atoms with Gasteiger partial charge in [0.15, 0.2) is 0 Å². The molecule has 0 bridgehead atoms. The number of fused-ring (bicyclic) bond motifs is 1. The zero-order valence-electron chi connectivity index (χ0n) is 11.6. The van der Waals surface area contributed by atoms with Crippen molar-refractivity contribution in [1.82, 2.24) is 0 Å². The summed E-state index contributed by atoms with van der Waals surface area (Å²) in [5.41, 5.74) is 9.07. The van der Waals surface area contributed by atoms with Gasteiger partial charge < -0.3 is 15.7 Å². The van der Waals surface area contributed by atoms with E-state index in [2.05, 4.69) is 24.1 Å². The van der Waals surface area contributed by atoms with Crippen molar-refractivity contribution in [3.63, 3.8) is 0 Å². The van der Waals surface area contributed by atoms with Crippen LogP contribution in [0.25, 0.3) is 0 Å². The molecule has 1 aliphatic rings. The molecule has 0 fully saturated rings. The zero-order chi connectivity index (χ0) is 13.3. The molecule has 2 rings (SSSR count). The lowest BCUT2D eigenvalue weighted by Gasteiger charge is -2.32. The Balaban J connectivity index is 2.31. The number of aryl methyl sites for hydroxylation is 1. The van der Waals surface area contributed by atoms with Crippen molar-refractivity contribution in [2.24, 2.45) is 11.1 Å². The Labute approximate surface area is 110 Å². The summed E-state index contributed by atoms with van der Waals surface area (Å²) in [5, 5.41) is 10.4. The number of anilines is 1. The van der Waals surface area contributed by atoms with Crippen molar-refractivity contribution in [1.29, 1.82) is 0 Å². The second-order valence-electron chi connectivity index (χ2n) is 6.01. The third kappa shape index (κ3) is 2.38. The Morgan fingerprint density at radius 3 is 2.83 bits per heavy atom. The van der Waals surface area contributed by atoms with Gasteiger partial charge in [0.1, 0.15) is 0 Å². The summed E-state index contributed by atoms with van der Waals surface area (Å²) >= 11 is 0. The molecule has 0 spiro atoms. The Bertz CT molecular complexity index is 429. The van der Waals surface area contributed by atoms with Gasteiger partial charge in [0.25, 0.3) is 0 Å². The van der Waals surface area contributed by atoms with Crippen molar-refractivity contribution in [3.8, 4) is 0 Å². The lowest BCUT2D eigenvalue weighted by Crippen LogP contribution is -2.31. The number of hydrogen-bond acceptors (Lipinski definition) is 3. The topological polar surface area (TPSA) is 49.5 Å². The first-order chi connectivity index (χ1) is 8.45. The van der Waals surface area contributed by atoms with Gasteiger partial charge in [-0.2, -0.15) is 0 Å². The van der Waals surface area contributed by atoms with E-state index in [9.17, 15) is 5.11 Å². The van der Waals surface area contributed by atoms with E-state index in [1.807, 2.05) is 19.9 Å². The Hall–Kier alpha value is -1.06. The van der Waals surface area contributed by atoms with E-state index < -0.39 is 6.10 Å². The second-order valence-corrected chi connectivity index (χ2v) is 6.01. The zero-order valence-corrected chi connectivity index (χ0v) is 11.6. The first-order valence-corrected chi connectivity index (χ1v) is 6.68. The summed E-state index contributed by atoms with van der Waals surface area (Å²) < 4.78 is 0. The van der Waals surface area contributed by atoms with Gasteiger partial charge in [0.05, 0.1) is 6.10 Å². The molecular weight excluding hydrogens is 224 g/mol. The number of aliphatic hydroxyl groups excluding tert-OH is 1. The average molecular weight is 248 g/mol. The highest BCUT2D eigenvalue weighted by Gasteiger charge is 2.28. The molecule has 18 heavy (non-hydrogen) atoms. The Morgan fingerprint density at radius 2 is 2.17 bits per heavy atom. The summed E-state index contributed by atoms with van der Waals surface area (Å²) in [7, 11) is 2.12. The molecule has 1 heterocycles. The van der Waals surface area contributed by atoms with Crippen molar-refractivity contribution >= 4 is 5.69 Å². The molecule has 1 atom stereocenters. The molecular formula is C15H24N2O. The van der Waals surface area contributed by atoms with E-state index in [-0.39, 0.29) is 5.41 Å². The first-order valence-electron chi connectivity index (χ1n) is 6.68. The summed E-state index contributed by atoms with van der Waals surface area (Å²) in [6.45, 7) is 5.60. The smallest absolute Gasteiger partial charge is 0.0853 e. The van der Waals surface area contributed by atoms with Crippen LogP contribution in [0.5, 0.6) is 0 Å². The second kappa shape index (κ2) is 4.90. The van der Waals surface area contributed by atoms with Crippen LogP contribution in [0.1, 0.15) is 37.5 Å². The van der Waals surface area contributed by atoms with Crippen molar-refractivity contribution in [2.75, 3.05) is 25.0 Å². The highest BCUT2D eigenvalue weighted by atomic mass is 16.3. The third-order valence-corrected chi connectivity index (χ3v) is 4.04. The minimum Gasteiger partial charge on any atom is -0.388 e. The molecule has 0 aromatic heterocycles. The standard InChI is InChI=1S/C15H24N2O/c1-15(2,10-16)14(18)12-6-7-13-11(9-12)5-4-8-17(13)3/h6-7,9,14,18H,4-5,8,10,16H2,1-3H3. The van der Waals surface area contributed by atoms with Crippen LogP contribution < -0.4 is 10.6 Å². The van der Waals surface area contributed by atoms with Gasteiger partial charge in [-0.3, -0.25) is 0 Å². The maximum atomic E-state index is 10.4. The van der Waals surface area contributed by atoms with Crippen LogP contribution in [0.15, 0.2) is 18.2 Å². The normalized spacial score (nSPS) is 17.5. The highest BCUT2D eigenvalue weighted by Crippen LogP contribution is 2.35. The van der Waals surface area contributed by atoms with Gasteiger partial charge in [-0.05, 0) is 30.0 Å². The largest absolute Gasteiger partial charge is 0.388 e. The third-order valence-electron chi connectivity index (χ3n) is 4.04. The summed E-state index contributed by atoms with van der Waals surface area (Å²) in [4.78, 5) is 2.28. The number of benzene rings is 1. The molecule has 3 N–H and O–H groups in total. The predicted molar refractivity (Wildman–Crippen MR) is 75.8 cm³/mol. The Kier molecular flexibility index (Phi) is 3.64. The van der Waals surface area contributed by atoms with E-state index in [0.29, 0.717) is 6.54 Å². The highest BCUT2D eigenvalue weighted by molar-refractivity contribution is 5.56. The molecule has 100 valence electrons. The molecule has 1 unspecified atom stereocenters. The van der Waals surface area contributed by atoms with E-state index in [1.165, 1.54) is 17.7 Å². The van der Waals surface area contributed by atoms with Gasteiger partial charge in [-0.15, -0.1) is 0 Å². The fourth-order valence-electron chi connectivity index (χ4n) is 2.54. The summed E-state index contributed by atoms with van der Waals surface area (Å²) in [6.07, 6.45) is 1.78. The number of hydrogen-bond donors (Lipinski definition) is 2. The maximum Gasteiger partial charge on any atom is 0.0853 e. The average Bonchev–Trinajstić information content (AvgIpc) is 2.37. The quantitative estimate of drug-likeness (QED) is 0.861. The molecule has 3 heteroatoms. The van der Waals surface area contributed by atoms with Crippen LogP contribution in [0.4, 0.5) is 5.69 Å². The van der Waals surface area contributed by atoms with E-state index in [4.69, 9.17) is 5.73 Å².